The number of nitrogens with zero attached hydrogens (tertiary/aromatic N) is 3. The first-order valence-corrected chi connectivity index (χ1v) is 25.7. The molecule has 16 rings (SSSR count). The highest BCUT2D eigenvalue weighted by atomic mass is 15.1. The van der Waals surface area contributed by atoms with E-state index in [9.17, 15) is 0 Å². The third-order valence-corrected chi connectivity index (χ3v) is 16.3. The van der Waals surface area contributed by atoms with Gasteiger partial charge < -0.3 is 14.0 Å². The van der Waals surface area contributed by atoms with Crippen LogP contribution in [-0.2, 0) is 5.41 Å². The number of para-hydroxylation sites is 4. The smallest absolute Gasteiger partial charge is 0.0726 e. The van der Waals surface area contributed by atoms with Gasteiger partial charge in [-0.25, -0.2) is 0 Å². The van der Waals surface area contributed by atoms with Crippen LogP contribution in [-0.4, -0.2) is 9.13 Å². The molecule has 14 aromatic rings. The molecule has 12 aromatic carbocycles. The van der Waals surface area contributed by atoms with Gasteiger partial charge in [0.1, 0.15) is 0 Å². The molecule has 0 atom stereocenters. The lowest BCUT2D eigenvalue weighted by molar-refractivity contribution is 0.793. The highest BCUT2D eigenvalue weighted by molar-refractivity contribution is 6.12. The van der Waals surface area contributed by atoms with E-state index in [4.69, 9.17) is 0 Å². The number of rotatable bonds is 6. The van der Waals surface area contributed by atoms with Crippen LogP contribution in [0.15, 0.2) is 273 Å². The highest BCUT2D eigenvalue weighted by Crippen LogP contribution is 2.63. The first-order chi connectivity index (χ1) is 36.7. The van der Waals surface area contributed by atoms with Crippen LogP contribution in [0.25, 0.3) is 99.1 Å². The molecule has 2 heterocycles. The Balaban J connectivity index is 1.01. The quantitative estimate of drug-likeness (QED) is 0.162. The van der Waals surface area contributed by atoms with Crippen molar-refractivity contribution in [3.63, 3.8) is 0 Å². The molecule has 74 heavy (non-hydrogen) atoms. The minimum absolute atomic E-state index is 0.498. The zero-order valence-electron chi connectivity index (χ0n) is 40.3. The molecule has 3 heteroatoms. The lowest BCUT2D eigenvalue weighted by atomic mass is 9.70. The van der Waals surface area contributed by atoms with E-state index in [1.54, 1.807) is 0 Å². The zero-order chi connectivity index (χ0) is 48.5. The Morgan fingerprint density at radius 1 is 0.270 bits per heavy atom. The third-order valence-electron chi connectivity index (χ3n) is 16.3. The van der Waals surface area contributed by atoms with Crippen LogP contribution in [0.5, 0.6) is 0 Å². The van der Waals surface area contributed by atoms with E-state index in [0.717, 1.165) is 39.6 Å². The van der Waals surface area contributed by atoms with Gasteiger partial charge in [0.2, 0.25) is 0 Å². The van der Waals surface area contributed by atoms with Gasteiger partial charge in [-0.3, -0.25) is 0 Å². The number of fused-ring (bicyclic) bond motifs is 17. The fourth-order valence-electron chi connectivity index (χ4n) is 13.3. The van der Waals surface area contributed by atoms with E-state index in [1.807, 2.05) is 0 Å². The van der Waals surface area contributed by atoms with Gasteiger partial charge in [-0.2, -0.15) is 0 Å². The van der Waals surface area contributed by atoms with Gasteiger partial charge >= 0.3 is 0 Å². The molecule has 0 saturated heterocycles. The zero-order valence-corrected chi connectivity index (χ0v) is 40.3. The van der Waals surface area contributed by atoms with Crippen molar-refractivity contribution >= 4 is 71.4 Å². The predicted octanol–water partition coefficient (Wildman–Crippen LogP) is 18.5. The summed E-state index contributed by atoms with van der Waals surface area (Å²) in [5, 5.41) is 7.31. The molecule has 0 fully saturated rings. The Kier molecular flexibility index (Phi) is 8.66. The van der Waals surface area contributed by atoms with E-state index >= 15 is 0 Å². The first-order valence-electron chi connectivity index (χ1n) is 25.7. The topological polar surface area (TPSA) is 13.1 Å². The molecular formula is C71H45N3. The fourth-order valence-corrected chi connectivity index (χ4v) is 13.3. The minimum atomic E-state index is -0.498. The van der Waals surface area contributed by atoms with Crippen molar-refractivity contribution in [3.8, 4) is 44.8 Å². The number of benzene rings is 12. The van der Waals surface area contributed by atoms with E-state index in [0.29, 0.717) is 0 Å². The molecule has 2 aromatic heterocycles. The second-order valence-electron chi connectivity index (χ2n) is 20.0. The molecule has 0 aliphatic heterocycles. The molecule has 0 N–H and O–H groups in total. The Labute approximate surface area is 428 Å². The standard InChI is InChI=1S/C71H45N3/c1-2-21-49(22-3-1)73-67-33-15-11-29-60(67)61-39-37-47(43-70(61)73)48-41-51(44-52(42-48)74-68-34-16-9-27-58(68)59-28-10-17-35-69(59)74)72(66-36-18-20-46-19-4-5-23-53(46)66)50-38-40-57-56-26-8-14-32-64(56)71(65(57)45-50)62-30-12-6-24-54(62)55-25-7-13-31-63(55)71/h1-45H. The van der Waals surface area contributed by atoms with Crippen LogP contribution in [0.4, 0.5) is 17.1 Å². The van der Waals surface area contributed by atoms with Gasteiger partial charge in [-0.05, 0) is 134 Å². The van der Waals surface area contributed by atoms with E-state index in [-0.39, 0.29) is 0 Å². The maximum atomic E-state index is 2.53. The predicted molar refractivity (Wildman–Crippen MR) is 309 cm³/mol. The fraction of sp³-hybridized carbons (Fsp3) is 0.0141. The van der Waals surface area contributed by atoms with Crippen LogP contribution >= 0.6 is 0 Å². The summed E-state index contributed by atoms with van der Waals surface area (Å²) in [6.07, 6.45) is 0. The Bertz CT molecular complexity index is 4510. The molecule has 2 aliphatic carbocycles. The molecule has 0 saturated carbocycles. The maximum absolute atomic E-state index is 2.53. The summed E-state index contributed by atoms with van der Waals surface area (Å²) in [7, 11) is 0. The van der Waals surface area contributed by atoms with Crippen LogP contribution in [0.1, 0.15) is 22.3 Å². The van der Waals surface area contributed by atoms with Crippen molar-refractivity contribution in [1.29, 1.82) is 0 Å². The molecule has 2 aliphatic rings. The van der Waals surface area contributed by atoms with Gasteiger partial charge in [0.05, 0.1) is 33.2 Å². The molecule has 3 nitrogen and oxygen atoms in total. The van der Waals surface area contributed by atoms with Crippen LogP contribution in [0.3, 0.4) is 0 Å². The molecule has 0 unspecified atom stereocenters. The lowest BCUT2D eigenvalue weighted by Gasteiger charge is -2.32. The minimum Gasteiger partial charge on any atom is -0.310 e. The van der Waals surface area contributed by atoms with Crippen molar-refractivity contribution in [2.45, 2.75) is 5.41 Å². The van der Waals surface area contributed by atoms with Crippen molar-refractivity contribution in [2.24, 2.45) is 0 Å². The number of hydrogen-bond donors (Lipinski definition) is 0. The SMILES string of the molecule is c1ccc(-n2c3ccccc3c3ccc(-c4cc(N(c5ccc6c(c5)C5(c7ccccc7-c7ccccc75)c5ccccc5-6)c5cccc6ccccc56)cc(-n5c6ccccc6c6ccccc65)c4)cc32)cc1. The summed E-state index contributed by atoms with van der Waals surface area (Å²) >= 11 is 0. The third kappa shape index (κ3) is 5.66. The largest absolute Gasteiger partial charge is 0.310 e. The summed E-state index contributed by atoms with van der Waals surface area (Å²) in [5.74, 6) is 0. The van der Waals surface area contributed by atoms with Crippen LogP contribution in [0.2, 0.25) is 0 Å². The summed E-state index contributed by atoms with van der Waals surface area (Å²) in [4.78, 5) is 2.53. The monoisotopic (exact) mass is 939 g/mol. The highest BCUT2D eigenvalue weighted by Gasteiger charge is 2.51. The van der Waals surface area contributed by atoms with Crippen molar-refractivity contribution in [1.82, 2.24) is 9.13 Å². The average Bonchev–Trinajstić information content (AvgIpc) is 4.17. The normalized spacial score (nSPS) is 13.0. The lowest BCUT2D eigenvalue weighted by Crippen LogP contribution is -2.26. The number of anilines is 3. The summed E-state index contributed by atoms with van der Waals surface area (Å²) < 4.78 is 4.89. The Morgan fingerprint density at radius 3 is 1.41 bits per heavy atom. The van der Waals surface area contributed by atoms with Gasteiger partial charge in [-0.15, -0.1) is 0 Å². The molecule has 1 spiro atoms. The summed E-state index contributed by atoms with van der Waals surface area (Å²) in [6, 6.07) is 102. The molecule has 0 radical (unpaired) electrons. The van der Waals surface area contributed by atoms with E-state index in [1.165, 1.54) is 98.9 Å². The molecule has 344 valence electrons. The number of aromatic nitrogens is 2. The second kappa shape index (κ2) is 15.6. The van der Waals surface area contributed by atoms with E-state index < -0.39 is 5.41 Å². The van der Waals surface area contributed by atoms with Gasteiger partial charge in [0, 0.05) is 49.7 Å². The molecular weight excluding hydrogens is 895 g/mol. The van der Waals surface area contributed by atoms with Crippen molar-refractivity contribution in [2.75, 3.05) is 4.90 Å². The first kappa shape index (κ1) is 41.0. The van der Waals surface area contributed by atoms with Crippen molar-refractivity contribution < 1.29 is 0 Å². The van der Waals surface area contributed by atoms with E-state index in [2.05, 4.69) is 287 Å². The van der Waals surface area contributed by atoms with Gasteiger partial charge in [-0.1, -0.05) is 200 Å². The Morgan fingerprint density at radius 2 is 0.770 bits per heavy atom. The average molecular weight is 940 g/mol. The van der Waals surface area contributed by atoms with Crippen LogP contribution < -0.4 is 4.90 Å². The van der Waals surface area contributed by atoms with Crippen molar-refractivity contribution in [3.05, 3.63) is 295 Å². The van der Waals surface area contributed by atoms with Gasteiger partial charge in [0.25, 0.3) is 0 Å². The molecule has 0 amide bonds. The maximum Gasteiger partial charge on any atom is 0.0726 e. The molecule has 0 bridgehead atoms. The summed E-state index contributed by atoms with van der Waals surface area (Å²) in [5.41, 5.74) is 22.4. The number of hydrogen-bond acceptors (Lipinski definition) is 1. The van der Waals surface area contributed by atoms with Gasteiger partial charge in [0.15, 0.2) is 0 Å². The second-order valence-corrected chi connectivity index (χ2v) is 20.0. The Hall–Kier alpha value is -9.70. The van der Waals surface area contributed by atoms with Crippen LogP contribution in [0, 0.1) is 0 Å². The summed E-state index contributed by atoms with van der Waals surface area (Å²) in [6.45, 7) is 0.